The fourth-order valence-electron chi connectivity index (χ4n) is 7.08. The van der Waals surface area contributed by atoms with E-state index in [0.717, 1.165) is 5.52 Å². The van der Waals surface area contributed by atoms with Crippen LogP contribution < -0.4 is 0 Å². The van der Waals surface area contributed by atoms with Gasteiger partial charge < -0.3 is 0 Å². The van der Waals surface area contributed by atoms with Crippen molar-refractivity contribution >= 4 is 43.2 Å². The Balaban J connectivity index is 1.20. The second-order valence-corrected chi connectivity index (χ2v) is 11.9. The summed E-state index contributed by atoms with van der Waals surface area (Å²) in [6, 6.07) is 61.3. The number of pyridine rings is 1. The van der Waals surface area contributed by atoms with Gasteiger partial charge in [-0.25, -0.2) is 0 Å². The highest BCUT2D eigenvalue weighted by atomic mass is 14.6. The molecule has 0 N–H and O–H groups in total. The lowest BCUT2D eigenvalue weighted by Gasteiger charge is -2.19. The van der Waals surface area contributed by atoms with Gasteiger partial charge in [0.15, 0.2) is 0 Å². The van der Waals surface area contributed by atoms with E-state index in [2.05, 4.69) is 176 Å². The van der Waals surface area contributed by atoms with Gasteiger partial charge in [0.1, 0.15) is 0 Å². The normalized spacial score (nSPS) is 11.5. The molecular weight excluding hydrogens is 555 g/mol. The molecule has 214 valence electrons. The van der Waals surface area contributed by atoms with Crippen molar-refractivity contribution in [3.8, 4) is 44.5 Å². The summed E-state index contributed by atoms with van der Waals surface area (Å²) in [6.07, 6.45) is 2.08. The zero-order valence-electron chi connectivity index (χ0n) is 25.2. The second kappa shape index (κ2) is 10.8. The minimum atomic E-state index is 1.01. The van der Waals surface area contributed by atoms with Gasteiger partial charge in [-0.15, -0.1) is 0 Å². The van der Waals surface area contributed by atoms with E-state index in [0.29, 0.717) is 0 Å². The fraction of sp³-hybridized carbons (Fsp3) is 0. The van der Waals surface area contributed by atoms with Crippen molar-refractivity contribution in [2.45, 2.75) is 0 Å². The topological polar surface area (TPSA) is 12.9 Å². The molecule has 0 saturated carbocycles. The van der Waals surface area contributed by atoms with Crippen LogP contribution in [0.2, 0.25) is 0 Å². The largest absolute Gasteiger partial charge is 0.256 e. The maximum absolute atomic E-state index is 4.96. The van der Waals surface area contributed by atoms with Gasteiger partial charge in [-0.2, -0.15) is 0 Å². The van der Waals surface area contributed by atoms with Crippen LogP contribution in [0.25, 0.3) is 87.7 Å². The smallest absolute Gasteiger partial charge is 0.0708 e. The molecule has 0 saturated heterocycles. The molecule has 0 bridgehead atoms. The quantitative estimate of drug-likeness (QED) is 0.148. The zero-order chi connectivity index (χ0) is 30.5. The molecule has 0 radical (unpaired) electrons. The van der Waals surface area contributed by atoms with Crippen LogP contribution >= 0.6 is 0 Å². The van der Waals surface area contributed by atoms with Gasteiger partial charge in [0.25, 0.3) is 0 Å². The highest BCUT2D eigenvalue weighted by Crippen LogP contribution is 2.45. The summed E-state index contributed by atoms with van der Waals surface area (Å²) < 4.78 is 0. The van der Waals surface area contributed by atoms with Crippen LogP contribution in [0.15, 0.2) is 176 Å². The predicted octanol–water partition coefficient (Wildman–Crippen LogP) is 12.4. The molecule has 0 unspecified atom stereocenters. The van der Waals surface area contributed by atoms with Crippen LogP contribution in [-0.4, -0.2) is 4.98 Å². The van der Waals surface area contributed by atoms with Crippen LogP contribution in [0.3, 0.4) is 0 Å². The third-order valence-corrected chi connectivity index (χ3v) is 9.28. The van der Waals surface area contributed by atoms with Gasteiger partial charge in [0.05, 0.1) is 5.52 Å². The molecule has 1 heterocycles. The molecule has 46 heavy (non-hydrogen) atoms. The van der Waals surface area contributed by atoms with E-state index in [1.165, 1.54) is 82.2 Å². The van der Waals surface area contributed by atoms with Gasteiger partial charge in [-0.3, -0.25) is 4.98 Å². The Morgan fingerprint density at radius 2 is 0.761 bits per heavy atom. The zero-order valence-corrected chi connectivity index (χ0v) is 25.2. The van der Waals surface area contributed by atoms with E-state index in [4.69, 9.17) is 4.98 Å². The number of para-hydroxylation sites is 1. The van der Waals surface area contributed by atoms with Gasteiger partial charge in [0.2, 0.25) is 0 Å². The van der Waals surface area contributed by atoms with Crippen molar-refractivity contribution in [2.24, 2.45) is 0 Å². The lowest BCUT2D eigenvalue weighted by Crippen LogP contribution is -1.93. The average molecular weight is 584 g/mol. The number of aromatic nitrogens is 1. The number of nitrogens with zero attached hydrogens (tertiary/aromatic N) is 1. The Morgan fingerprint density at radius 1 is 0.304 bits per heavy atom. The van der Waals surface area contributed by atoms with Crippen molar-refractivity contribution in [2.75, 3.05) is 0 Å². The van der Waals surface area contributed by atoms with E-state index in [1.807, 2.05) is 0 Å². The monoisotopic (exact) mass is 583 g/mol. The molecule has 0 fully saturated rings. The number of rotatable bonds is 4. The first-order chi connectivity index (χ1) is 22.8. The Morgan fingerprint density at radius 3 is 1.41 bits per heavy atom. The molecule has 1 nitrogen and oxygen atoms in total. The molecule has 9 rings (SSSR count). The molecule has 0 amide bonds. The Bertz CT molecular complexity index is 2550. The third kappa shape index (κ3) is 4.37. The molecule has 8 aromatic carbocycles. The van der Waals surface area contributed by atoms with E-state index in [-0.39, 0.29) is 0 Å². The molecule has 1 heteroatoms. The van der Waals surface area contributed by atoms with Crippen molar-refractivity contribution in [3.63, 3.8) is 0 Å². The number of hydrogen-bond donors (Lipinski definition) is 0. The van der Waals surface area contributed by atoms with E-state index < -0.39 is 0 Å². The lowest BCUT2D eigenvalue weighted by atomic mass is 9.85. The molecule has 0 spiro atoms. The Labute approximate surface area is 268 Å². The summed E-state index contributed by atoms with van der Waals surface area (Å²) in [5.74, 6) is 0. The van der Waals surface area contributed by atoms with E-state index in [1.54, 1.807) is 0 Å². The van der Waals surface area contributed by atoms with Crippen LogP contribution in [-0.2, 0) is 0 Å². The van der Waals surface area contributed by atoms with Gasteiger partial charge in [-0.05, 0) is 84.3 Å². The van der Waals surface area contributed by atoms with Crippen molar-refractivity contribution in [3.05, 3.63) is 176 Å². The number of fused-ring (bicyclic) bond motifs is 5. The summed E-state index contributed by atoms with van der Waals surface area (Å²) in [7, 11) is 0. The minimum Gasteiger partial charge on any atom is -0.256 e. The highest BCUT2D eigenvalue weighted by Gasteiger charge is 2.19. The van der Waals surface area contributed by atoms with Crippen molar-refractivity contribution in [1.29, 1.82) is 0 Å². The molecule has 0 aliphatic heterocycles. The van der Waals surface area contributed by atoms with Gasteiger partial charge in [0, 0.05) is 22.4 Å². The van der Waals surface area contributed by atoms with Crippen molar-refractivity contribution < 1.29 is 0 Å². The van der Waals surface area contributed by atoms with Crippen molar-refractivity contribution in [1.82, 2.24) is 4.98 Å². The maximum Gasteiger partial charge on any atom is 0.0708 e. The van der Waals surface area contributed by atoms with Crippen LogP contribution in [0.1, 0.15) is 0 Å². The van der Waals surface area contributed by atoms with Crippen LogP contribution in [0.5, 0.6) is 0 Å². The first kappa shape index (κ1) is 26.4. The summed E-state index contributed by atoms with van der Waals surface area (Å²) in [5.41, 5.74) is 10.8. The standard InChI is InChI=1S/C45H29N/c1-3-11-30(12-4-1)34-23-25-37-28-35(24-26-36(37)27-34)31-19-21-33(22-20-31)43-38-15-7-8-16-39(38)44(32-13-5-2-6-14-32)45-40-17-9-10-18-42(40)46-29-41(43)45/h1-29H. The molecule has 0 atom stereocenters. The fourth-order valence-corrected chi connectivity index (χ4v) is 7.08. The number of benzene rings is 8. The molecule has 0 aliphatic carbocycles. The first-order valence-corrected chi connectivity index (χ1v) is 15.8. The van der Waals surface area contributed by atoms with Gasteiger partial charge in [-0.1, -0.05) is 152 Å². The summed E-state index contributed by atoms with van der Waals surface area (Å²) >= 11 is 0. The summed E-state index contributed by atoms with van der Waals surface area (Å²) in [5, 5.41) is 8.57. The molecule has 1 aromatic heterocycles. The maximum atomic E-state index is 4.96. The highest BCUT2D eigenvalue weighted by molar-refractivity contribution is 6.27. The predicted molar refractivity (Wildman–Crippen MR) is 196 cm³/mol. The van der Waals surface area contributed by atoms with Gasteiger partial charge >= 0.3 is 0 Å². The first-order valence-electron chi connectivity index (χ1n) is 15.8. The van der Waals surface area contributed by atoms with Crippen LogP contribution in [0, 0.1) is 0 Å². The molecule has 0 aliphatic rings. The average Bonchev–Trinajstić information content (AvgIpc) is 3.14. The minimum absolute atomic E-state index is 1.01. The molecular formula is C45H29N. The summed E-state index contributed by atoms with van der Waals surface area (Å²) in [4.78, 5) is 4.96. The lowest BCUT2D eigenvalue weighted by molar-refractivity contribution is 1.45. The summed E-state index contributed by atoms with van der Waals surface area (Å²) in [6.45, 7) is 0. The van der Waals surface area contributed by atoms with E-state index in [9.17, 15) is 0 Å². The SMILES string of the molecule is c1ccc(-c2ccc3cc(-c4ccc(-c5c6ccccc6c(-c6ccccc6)c6c5cnc5ccccc56)cc4)ccc3c2)cc1. The van der Waals surface area contributed by atoms with Crippen LogP contribution in [0.4, 0.5) is 0 Å². The Hall–Kier alpha value is -6.05. The van der Waals surface area contributed by atoms with E-state index >= 15 is 0 Å². The number of hydrogen-bond acceptors (Lipinski definition) is 1. The molecule has 9 aromatic rings. The third-order valence-electron chi connectivity index (χ3n) is 9.28. The Kier molecular flexibility index (Phi) is 6.21. The second-order valence-electron chi connectivity index (χ2n) is 11.9.